The van der Waals surface area contributed by atoms with E-state index in [0.29, 0.717) is 0 Å². The van der Waals surface area contributed by atoms with E-state index in [1.807, 2.05) is 0 Å². The van der Waals surface area contributed by atoms with Crippen LogP contribution in [0, 0.1) is 11.8 Å². The summed E-state index contributed by atoms with van der Waals surface area (Å²) in [5.74, 6) is 1.49. The summed E-state index contributed by atoms with van der Waals surface area (Å²) >= 11 is 5.76. The van der Waals surface area contributed by atoms with Crippen molar-refractivity contribution in [3.63, 3.8) is 0 Å². The highest BCUT2D eigenvalue weighted by Crippen LogP contribution is 2.38. The molecule has 1 nitrogen and oxygen atoms in total. The number of fused-ring (bicyclic) bond motifs is 2. The van der Waals surface area contributed by atoms with Crippen LogP contribution in [0.2, 0.25) is 0 Å². The molecule has 3 aliphatic rings. The van der Waals surface area contributed by atoms with Gasteiger partial charge < -0.3 is 5.32 Å². The molecule has 2 aliphatic carbocycles. The van der Waals surface area contributed by atoms with Gasteiger partial charge in [-0.2, -0.15) is 0 Å². The Morgan fingerprint density at radius 2 is 1.27 bits per heavy atom. The van der Waals surface area contributed by atoms with Crippen LogP contribution in [-0.2, 0) is 0 Å². The van der Waals surface area contributed by atoms with E-state index in [1.165, 1.54) is 56.2 Å². The van der Waals surface area contributed by atoms with Gasteiger partial charge in [0.05, 0.1) is 0 Å². The molecular formula is C13H21NS. The maximum absolute atomic E-state index is 5.76. The lowest BCUT2D eigenvalue weighted by Crippen LogP contribution is -2.58. The molecule has 3 fully saturated rings. The van der Waals surface area contributed by atoms with Gasteiger partial charge in [0.25, 0.3) is 0 Å². The number of piperidine rings is 1. The third-order valence-electron chi connectivity index (χ3n) is 4.69. The van der Waals surface area contributed by atoms with Crippen molar-refractivity contribution in [3.8, 4) is 0 Å². The smallest absolute Gasteiger partial charge is 0.0144 e. The van der Waals surface area contributed by atoms with Crippen LogP contribution in [0.4, 0.5) is 0 Å². The van der Waals surface area contributed by atoms with E-state index in [4.69, 9.17) is 12.2 Å². The third-order valence-corrected chi connectivity index (χ3v) is 5.30. The van der Waals surface area contributed by atoms with Crippen LogP contribution in [-0.4, -0.2) is 16.9 Å². The average molecular weight is 223 g/mol. The molecule has 0 aromatic carbocycles. The molecule has 0 radical (unpaired) electrons. The normalized spacial score (nSPS) is 45.7. The van der Waals surface area contributed by atoms with Gasteiger partial charge in [0.2, 0.25) is 0 Å². The Morgan fingerprint density at radius 3 is 1.80 bits per heavy atom. The first kappa shape index (κ1) is 10.2. The van der Waals surface area contributed by atoms with Gasteiger partial charge in [-0.15, -0.1) is 0 Å². The molecular weight excluding hydrogens is 202 g/mol. The molecule has 0 aromatic heterocycles. The van der Waals surface area contributed by atoms with Crippen LogP contribution in [0.3, 0.4) is 0 Å². The molecule has 1 aliphatic heterocycles. The lowest BCUT2D eigenvalue weighted by molar-refractivity contribution is 0.203. The molecule has 84 valence electrons. The topological polar surface area (TPSA) is 12.0 Å². The Hall–Kier alpha value is 0.0500. The Morgan fingerprint density at radius 1 is 0.800 bits per heavy atom. The van der Waals surface area contributed by atoms with Gasteiger partial charge >= 0.3 is 0 Å². The minimum Gasteiger partial charge on any atom is -0.310 e. The highest BCUT2D eigenvalue weighted by atomic mass is 32.1. The summed E-state index contributed by atoms with van der Waals surface area (Å²) in [5, 5.41) is 3.90. The first-order valence-electron chi connectivity index (χ1n) is 6.66. The summed E-state index contributed by atoms with van der Waals surface area (Å²) in [7, 11) is 0. The first-order valence-corrected chi connectivity index (χ1v) is 7.07. The van der Waals surface area contributed by atoms with E-state index in [1.54, 1.807) is 0 Å². The van der Waals surface area contributed by atoms with Crippen molar-refractivity contribution < 1.29 is 0 Å². The lowest BCUT2D eigenvalue weighted by Gasteiger charge is -2.47. The fourth-order valence-corrected chi connectivity index (χ4v) is 4.46. The van der Waals surface area contributed by atoms with E-state index in [-0.39, 0.29) is 0 Å². The van der Waals surface area contributed by atoms with Gasteiger partial charge in [0.1, 0.15) is 0 Å². The van der Waals surface area contributed by atoms with Crippen LogP contribution < -0.4 is 5.32 Å². The van der Waals surface area contributed by atoms with Gasteiger partial charge in [0, 0.05) is 28.8 Å². The van der Waals surface area contributed by atoms with Crippen molar-refractivity contribution in [2.45, 2.75) is 63.5 Å². The molecule has 2 heteroatoms. The van der Waals surface area contributed by atoms with Crippen molar-refractivity contribution >= 4 is 17.1 Å². The summed E-state index contributed by atoms with van der Waals surface area (Å²) in [5.41, 5.74) is 0. The molecule has 4 unspecified atom stereocenters. The molecule has 0 aromatic rings. The zero-order valence-electron chi connectivity index (χ0n) is 9.37. The summed E-state index contributed by atoms with van der Waals surface area (Å²) in [6.07, 6.45) is 11.1. The lowest BCUT2D eigenvalue weighted by atomic mass is 9.69. The Labute approximate surface area is 98.0 Å². The molecule has 0 spiro atoms. The zero-order chi connectivity index (χ0) is 10.3. The summed E-state index contributed by atoms with van der Waals surface area (Å²) in [6, 6.07) is 1.48. The van der Waals surface area contributed by atoms with Crippen molar-refractivity contribution in [2.75, 3.05) is 0 Å². The van der Waals surface area contributed by atoms with Crippen molar-refractivity contribution in [3.05, 3.63) is 0 Å². The number of rotatable bonds is 0. The molecule has 15 heavy (non-hydrogen) atoms. The van der Waals surface area contributed by atoms with E-state index in [2.05, 4.69) is 5.32 Å². The second-order valence-electron chi connectivity index (χ2n) is 5.56. The maximum atomic E-state index is 5.76. The Kier molecular flexibility index (Phi) is 2.82. The van der Waals surface area contributed by atoms with Gasteiger partial charge in [-0.05, 0) is 25.7 Å². The van der Waals surface area contributed by atoms with Crippen LogP contribution in [0.1, 0.15) is 51.4 Å². The molecule has 1 N–H and O–H groups in total. The fourth-order valence-electron chi connectivity index (χ4n) is 3.89. The van der Waals surface area contributed by atoms with Crippen LogP contribution in [0.5, 0.6) is 0 Å². The molecule has 4 atom stereocenters. The van der Waals surface area contributed by atoms with Gasteiger partial charge in [-0.3, -0.25) is 0 Å². The van der Waals surface area contributed by atoms with E-state index < -0.39 is 0 Å². The fraction of sp³-hybridized carbons (Fsp3) is 0.923. The summed E-state index contributed by atoms with van der Waals surface area (Å²) < 4.78 is 0. The van der Waals surface area contributed by atoms with Crippen LogP contribution in [0.25, 0.3) is 0 Å². The third kappa shape index (κ3) is 1.76. The summed E-state index contributed by atoms with van der Waals surface area (Å²) in [6.45, 7) is 0. The predicted octanol–water partition coefficient (Wildman–Crippen LogP) is 3.08. The van der Waals surface area contributed by atoms with Crippen molar-refractivity contribution in [2.24, 2.45) is 11.8 Å². The molecule has 1 heterocycles. The first-order chi connectivity index (χ1) is 7.36. The minimum atomic E-state index is 0.741. The molecule has 0 bridgehead atoms. The Bertz CT molecular complexity index is 239. The largest absolute Gasteiger partial charge is 0.310 e. The van der Waals surface area contributed by atoms with E-state index >= 15 is 0 Å². The van der Waals surface area contributed by atoms with E-state index in [0.717, 1.165) is 23.9 Å². The quantitative estimate of drug-likeness (QED) is 0.633. The van der Waals surface area contributed by atoms with Crippen LogP contribution >= 0.6 is 12.2 Å². The zero-order valence-corrected chi connectivity index (χ0v) is 10.2. The number of nitrogens with one attached hydrogen (secondary N) is 1. The number of thiocarbonyl (C=S) groups is 1. The molecule has 0 amide bonds. The monoisotopic (exact) mass is 223 g/mol. The van der Waals surface area contributed by atoms with Gasteiger partial charge in [-0.25, -0.2) is 0 Å². The van der Waals surface area contributed by atoms with E-state index in [9.17, 15) is 0 Å². The standard InChI is InChI=1S/C13H21NS/c15-13-9-5-1-3-7-11(9)14-12-8-4-2-6-10(12)13/h9-12,14H,1-8H2. The SMILES string of the molecule is S=C1C2CCCCC2NC2CCCCC12. The second kappa shape index (κ2) is 4.14. The molecule has 3 rings (SSSR count). The van der Waals surface area contributed by atoms with Crippen LogP contribution in [0.15, 0.2) is 0 Å². The maximum Gasteiger partial charge on any atom is 0.0144 e. The summed E-state index contributed by atoms with van der Waals surface area (Å²) in [4.78, 5) is 1.45. The predicted molar refractivity (Wildman–Crippen MR) is 67.2 cm³/mol. The number of hydrogen-bond acceptors (Lipinski definition) is 2. The van der Waals surface area contributed by atoms with Crippen molar-refractivity contribution in [1.82, 2.24) is 5.32 Å². The Balaban J connectivity index is 1.79. The number of hydrogen-bond donors (Lipinski definition) is 1. The van der Waals surface area contributed by atoms with Gasteiger partial charge in [0.15, 0.2) is 0 Å². The highest BCUT2D eigenvalue weighted by molar-refractivity contribution is 7.80. The average Bonchev–Trinajstić information content (AvgIpc) is 2.30. The highest BCUT2D eigenvalue weighted by Gasteiger charge is 2.41. The second-order valence-corrected chi connectivity index (χ2v) is 6.04. The molecule has 2 saturated carbocycles. The van der Waals surface area contributed by atoms with Gasteiger partial charge in [-0.1, -0.05) is 37.9 Å². The minimum absolute atomic E-state index is 0.741. The molecule has 1 saturated heterocycles. The van der Waals surface area contributed by atoms with Crippen molar-refractivity contribution in [1.29, 1.82) is 0 Å².